The lowest BCUT2D eigenvalue weighted by Crippen LogP contribution is -2.09. The van der Waals surface area contributed by atoms with Crippen molar-refractivity contribution in [1.82, 2.24) is 5.32 Å². The number of ether oxygens (including phenoxy) is 2. The Balaban J connectivity index is 0.00000128. The van der Waals surface area contributed by atoms with Gasteiger partial charge in [0.25, 0.3) is 0 Å². The topological polar surface area (TPSA) is 30.5 Å². The first kappa shape index (κ1) is 13.1. The Bertz CT molecular complexity index is 368. The zero-order chi connectivity index (χ0) is 10.8. The van der Waals surface area contributed by atoms with Crippen LogP contribution in [0.3, 0.4) is 0 Å². The molecule has 0 aromatic heterocycles. The predicted molar refractivity (Wildman–Crippen MR) is 66.8 cm³/mol. The molecule has 0 amide bonds. The van der Waals surface area contributed by atoms with Crippen molar-refractivity contribution >= 4 is 12.4 Å². The number of halogens is 1. The van der Waals surface area contributed by atoms with Crippen molar-refractivity contribution in [3.8, 4) is 11.5 Å². The summed E-state index contributed by atoms with van der Waals surface area (Å²) in [6, 6.07) is 4.10. The number of fused-ring (bicyclic) bond motifs is 1. The van der Waals surface area contributed by atoms with E-state index in [1.54, 1.807) is 7.11 Å². The first-order chi connectivity index (χ1) is 7.24. The minimum Gasteiger partial charge on any atom is -0.497 e. The molecule has 1 unspecified atom stereocenters. The van der Waals surface area contributed by atoms with Gasteiger partial charge in [-0.15, -0.1) is 12.4 Å². The monoisotopic (exact) mass is 243 g/mol. The van der Waals surface area contributed by atoms with Gasteiger partial charge in [0.1, 0.15) is 17.6 Å². The molecule has 0 saturated heterocycles. The van der Waals surface area contributed by atoms with Gasteiger partial charge in [-0.25, -0.2) is 0 Å². The van der Waals surface area contributed by atoms with Crippen molar-refractivity contribution in [2.24, 2.45) is 0 Å². The molecule has 1 aliphatic heterocycles. The van der Waals surface area contributed by atoms with Gasteiger partial charge in [0.05, 0.1) is 7.11 Å². The van der Waals surface area contributed by atoms with Crippen molar-refractivity contribution in [3.63, 3.8) is 0 Å². The van der Waals surface area contributed by atoms with Crippen LogP contribution in [-0.2, 0) is 13.0 Å². The maximum atomic E-state index is 5.79. The third-order valence-electron chi connectivity index (χ3n) is 2.65. The third-order valence-corrected chi connectivity index (χ3v) is 2.65. The van der Waals surface area contributed by atoms with Crippen molar-refractivity contribution in [2.45, 2.75) is 26.0 Å². The molecule has 0 radical (unpaired) electrons. The van der Waals surface area contributed by atoms with Crippen LogP contribution in [0.1, 0.15) is 18.1 Å². The molecular weight excluding hydrogens is 226 g/mol. The second-order valence-corrected chi connectivity index (χ2v) is 3.94. The SMILES string of the molecule is CNCc1cc(OC)cc2c1OC(C)C2.Cl. The summed E-state index contributed by atoms with van der Waals surface area (Å²) in [5, 5.41) is 3.14. The van der Waals surface area contributed by atoms with Crippen LogP contribution in [0.5, 0.6) is 11.5 Å². The summed E-state index contributed by atoms with van der Waals surface area (Å²) >= 11 is 0. The van der Waals surface area contributed by atoms with E-state index in [1.165, 1.54) is 11.1 Å². The molecule has 1 heterocycles. The molecule has 16 heavy (non-hydrogen) atoms. The molecular formula is C12H18ClNO2. The first-order valence-electron chi connectivity index (χ1n) is 5.25. The molecule has 0 spiro atoms. The number of benzene rings is 1. The smallest absolute Gasteiger partial charge is 0.127 e. The van der Waals surface area contributed by atoms with E-state index in [1.807, 2.05) is 13.1 Å². The Morgan fingerprint density at radius 1 is 1.50 bits per heavy atom. The summed E-state index contributed by atoms with van der Waals surface area (Å²) in [5.74, 6) is 1.95. The fraction of sp³-hybridized carbons (Fsp3) is 0.500. The minimum atomic E-state index is 0. The molecule has 0 bridgehead atoms. The van der Waals surface area contributed by atoms with Crippen LogP contribution in [0.2, 0.25) is 0 Å². The highest BCUT2D eigenvalue weighted by atomic mass is 35.5. The second kappa shape index (κ2) is 5.41. The average Bonchev–Trinajstić information content (AvgIpc) is 2.58. The van der Waals surface area contributed by atoms with Crippen molar-refractivity contribution in [2.75, 3.05) is 14.2 Å². The largest absolute Gasteiger partial charge is 0.497 e. The van der Waals surface area contributed by atoms with Gasteiger partial charge >= 0.3 is 0 Å². The fourth-order valence-electron chi connectivity index (χ4n) is 2.02. The number of hydrogen-bond acceptors (Lipinski definition) is 3. The summed E-state index contributed by atoms with van der Waals surface area (Å²) in [4.78, 5) is 0. The molecule has 0 saturated carbocycles. The number of methoxy groups -OCH3 is 1. The third kappa shape index (κ3) is 2.42. The van der Waals surface area contributed by atoms with Crippen LogP contribution in [-0.4, -0.2) is 20.3 Å². The molecule has 2 rings (SSSR count). The van der Waals surface area contributed by atoms with Gasteiger partial charge < -0.3 is 14.8 Å². The van der Waals surface area contributed by atoms with E-state index in [4.69, 9.17) is 9.47 Å². The second-order valence-electron chi connectivity index (χ2n) is 3.94. The van der Waals surface area contributed by atoms with Gasteiger partial charge in [-0.3, -0.25) is 0 Å². The Morgan fingerprint density at radius 2 is 2.25 bits per heavy atom. The Hall–Kier alpha value is -0.930. The summed E-state index contributed by atoms with van der Waals surface area (Å²) in [6.45, 7) is 2.90. The van der Waals surface area contributed by atoms with Crippen molar-refractivity contribution in [3.05, 3.63) is 23.3 Å². The van der Waals surface area contributed by atoms with Gasteiger partial charge in [0, 0.05) is 24.1 Å². The standard InChI is InChI=1S/C12H17NO2.ClH/c1-8-4-9-5-11(14-3)6-10(7-13-2)12(9)15-8;/h5-6,8,13H,4,7H2,1-3H3;1H. The van der Waals surface area contributed by atoms with Crippen LogP contribution in [0.4, 0.5) is 0 Å². The zero-order valence-corrected chi connectivity index (χ0v) is 10.7. The summed E-state index contributed by atoms with van der Waals surface area (Å²) < 4.78 is 11.1. The highest BCUT2D eigenvalue weighted by Crippen LogP contribution is 2.35. The molecule has 1 atom stereocenters. The fourth-order valence-corrected chi connectivity index (χ4v) is 2.02. The highest BCUT2D eigenvalue weighted by Gasteiger charge is 2.22. The Labute approximate surface area is 103 Å². The number of rotatable bonds is 3. The summed E-state index contributed by atoms with van der Waals surface area (Å²) in [7, 11) is 3.63. The van der Waals surface area contributed by atoms with E-state index >= 15 is 0 Å². The van der Waals surface area contributed by atoms with Crippen LogP contribution < -0.4 is 14.8 Å². The van der Waals surface area contributed by atoms with Crippen LogP contribution in [0.15, 0.2) is 12.1 Å². The highest BCUT2D eigenvalue weighted by molar-refractivity contribution is 5.85. The van der Waals surface area contributed by atoms with Gasteiger partial charge in [-0.05, 0) is 26.1 Å². The summed E-state index contributed by atoms with van der Waals surface area (Å²) in [6.07, 6.45) is 1.26. The first-order valence-corrected chi connectivity index (χ1v) is 5.25. The van der Waals surface area contributed by atoms with Crippen LogP contribution in [0, 0.1) is 0 Å². The van der Waals surface area contributed by atoms with Crippen LogP contribution >= 0.6 is 12.4 Å². The van der Waals surface area contributed by atoms with E-state index in [9.17, 15) is 0 Å². The summed E-state index contributed by atoms with van der Waals surface area (Å²) in [5.41, 5.74) is 2.43. The van der Waals surface area contributed by atoms with Crippen molar-refractivity contribution < 1.29 is 9.47 Å². The molecule has 1 aromatic rings. The molecule has 1 N–H and O–H groups in total. The normalized spacial score (nSPS) is 17.3. The molecule has 90 valence electrons. The van der Waals surface area contributed by atoms with E-state index < -0.39 is 0 Å². The molecule has 4 heteroatoms. The lowest BCUT2D eigenvalue weighted by Gasteiger charge is -2.10. The Kier molecular flexibility index (Phi) is 4.44. The van der Waals surface area contributed by atoms with E-state index in [2.05, 4.69) is 18.3 Å². The molecule has 0 aliphatic carbocycles. The Morgan fingerprint density at radius 3 is 2.88 bits per heavy atom. The maximum absolute atomic E-state index is 5.79. The van der Waals surface area contributed by atoms with Gasteiger partial charge in [-0.2, -0.15) is 0 Å². The molecule has 1 aromatic carbocycles. The van der Waals surface area contributed by atoms with Gasteiger partial charge in [0.15, 0.2) is 0 Å². The lowest BCUT2D eigenvalue weighted by molar-refractivity contribution is 0.252. The van der Waals surface area contributed by atoms with Crippen molar-refractivity contribution in [1.29, 1.82) is 0 Å². The molecule has 1 aliphatic rings. The molecule has 3 nitrogen and oxygen atoms in total. The van der Waals surface area contributed by atoms with E-state index in [0.717, 1.165) is 24.5 Å². The molecule has 0 fully saturated rings. The van der Waals surface area contributed by atoms with Gasteiger partial charge in [0.2, 0.25) is 0 Å². The lowest BCUT2D eigenvalue weighted by atomic mass is 10.1. The zero-order valence-electron chi connectivity index (χ0n) is 9.87. The quantitative estimate of drug-likeness (QED) is 0.883. The van der Waals surface area contributed by atoms with E-state index in [0.29, 0.717) is 0 Å². The maximum Gasteiger partial charge on any atom is 0.127 e. The van der Waals surface area contributed by atoms with Crippen LogP contribution in [0.25, 0.3) is 0 Å². The number of hydrogen-bond donors (Lipinski definition) is 1. The van der Waals surface area contributed by atoms with Gasteiger partial charge in [-0.1, -0.05) is 0 Å². The number of nitrogens with one attached hydrogen (secondary N) is 1. The minimum absolute atomic E-state index is 0. The average molecular weight is 244 g/mol. The predicted octanol–water partition coefficient (Wildman–Crippen LogP) is 2.16. The van der Waals surface area contributed by atoms with E-state index in [-0.39, 0.29) is 18.5 Å².